The molecule has 0 heterocycles. The molecule has 0 aliphatic heterocycles. The van der Waals surface area contributed by atoms with Crippen molar-refractivity contribution in [1.82, 2.24) is 0 Å². The fourth-order valence-corrected chi connectivity index (χ4v) is 1.54. The number of nitrogens with two attached hydrogens (primary N) is 1. The molecule has 0 aromatic heterocycles. The highest BCUT2D eigenvalue weighted by molar-refractivity contribution is 5.70. The zero-order chi connectivity index (χ0) is 10.4. The van der Waals surface area contributed by atoms with Gasteiger partial charge in [0, 0.05) is 6.04 Å². The van der Waals surface area contributed by atoms with Crippen molar-refractivity contribution in [3.05, 3.63) is 0 Å². The lowest BCUT2D eigenvalue weighted by Gasteiger charge is -2.24. The van der Waals surface area contributed by atoms with Crippen LogP contribution >= 0.6 is 0 Å². The van der Waals surface area contributed by atoms with Crippen molar-refractivity contribution in [2.45, 2.75) is 51.5 Å². The van der Waals surface area contributed by atoms with Crippen LogP contribution < -0.4 is 5.73 Å². The average molecular weight is 199 g/mol. The minimum absolute atomic E-state index is 0.0359. The van der Waals surface area contributed by atoms with Crippen molar-refractivity contribution < 1.29 is 9.53 Å². The van der Waals surface area contributed by atoms with E-state index in [4.69, 9.17) is 10.5 Å². The van der Waals surface area contributed by atoms with Crippen LogP contribution in [-0.2, 0) is 9.53 Å². The third-order valence-corrected chi connectivity index (χ3v) is 2.97. The maximum atomic E-state index is 11.2. The molecule has 14 heavy (non-hydrogen) atoms. The predicted molar refractivity (Wildman–Crippen MR) is 55.8 cm³/mol. The van der Waals surface area contributed by atoms with Crippen molar-refractivity contribution in [2.24, 2.45) is 11.7 Å². The maximum Gasteiger partial charge on any atom is 0.307 e. The van der Waals surface area contributed by atoms with Gasteiger partial charge in [-0.1, -0.05) is 26.2 Å². The van der Waals surface area contributed by atoms with Gasteiger partial charge < -0.3 is 10.5 Å². The Kier molecular flexibility index (Phi) is 4.94. The molecule has 1 aliphatic rings. The molecule has 82 valence electrons. The Morgan fingerprint density at radius 2 is 2.29 bits per heavy atom. The molecule has 0 aromatic rings. The SMILES string of the molecule is CCC(N)CC(=O)OCCC1CCC1. The second kappa shape index (κ2) is 6.02. The number of carbonyl (C=O) groups is 1. The first kappa shape index (κ1) is 11.5. The summed E-state index contributed by atoms with van der Waals surface area (Å²) in [5, 5.41) is 0. The molecule has 0 amide bonds. The van der Waals surface area contributed by atoms with Gasteiger partial charge in [-0.25, -0.2) is 0 Å². The molecule has 1 saturated carbocycles. The van der Waals surface area contributed by atoms with E-state index in [9.17, 15) is 4.79 Å². The van der Waals surface area contributed by atoms with Gasteiger partial charge in [0.05, 0.1) is 13.0 Å². The molecule has 1 unspecified atom stereocenters. The van der Waals surface area contributed by atoms with Crippen LogP contribution in [0.15, 0.2) is 0 Å². The summed E-state index contributed by atoms with van der Waals surface area (Å²) in [4.78, 5) is 11.2. The molecule has 1 atom stereocenters. The summed E-state index contributed by atoms with van der Waals surface area (Å²) in [5.41, 5.74) is 5.64. The Bertz CT molecular complexity index is 178. The Morgan fingerprint density at radius 3 is 2.79 bits per heavy atom. The zero-order valence-electron chi connectivity index (χ0n) is 9.00. The fraction of sp³-hybridized carbons (Fsp3) is 0.909. The predicted octanol–water partition coefficient (Wildman–Crippen LogP) is 1.85. The molecule has 2 N–H and O–H groups in total. The van der Waals surface area contributed by atoms with Crippen molar-refractivity contribution in [3.8, 4) is 0 Å². The van der Waals surface area contributed by atoms with E-state index in [2.05, 4.69) is 0 Å². The molecule has 3 nitrogen and oxygen atoms in total. The van der Waals surface area contributed by atoms with E-state index < -0.39 is 0 Å². The summed E-state index contributed by atoms with van der Waals surface area (Å²) in [6.45, 7) is 2.56. The molecule has 3 heteroatoms. The zero-order valence-corrected chi connectivity index (χ0v) is 9.00. The standard InChI is InChI=1S/C11H21NO2/c1-2-10(12)8-11(13)14-7-6-9-4-3-5-9/h9-10H,2-8,12H2,1H3. The summed E-state index contributed by atoms with van der Waals surface area (Å²) < 4.78 is 5.10. The summed E-state index contributed by atoms with van der Waals surface area (Å²) >= 11 is 0. The first-order valence-electron chi connectivity index (χ1n) is 5.63. The summed E-state index contributed by atoms with van der Waals surface area (Å²) in [5.74, 6) is 0.668. The van der Waals surface area contributed by atoms with Gasteiger partial charge in [-0.05, 0) is 18.8 Å². The molecule has 0 saturated heterocycles. The smallest absolute Gasteiger partial charge is 0.307 e. The van der Waals surface area contributed by atoms with E-state index >= 15 is 0 Å². The van der Waals surface area contributed by atoms with E-state index in [0.29, 0.717) is 13.0 Å². The number of esters is 1. The number of hydrogen-bond donors (Lipinski definition) is 1. The molecular weight excluding hydrogens is 178 g/mol. The van der Waals surface area contributed by atoms with Crippen molar-refractivity contribution in [1.29, 1.82) is 0 Å². The van der Waals surface area contributed by atoms with E-state index in [-0.39, 0.29) is 12.0 Å². The van der Waals surface area contributed by atoms with Gasteiger partial charge in [-0.2, -0.15) is 0 Å². The van der Waals surface area contributed by atoms with Crippen LogP contribution in [0.5, 0.6) is 0 Å². The van der Waals surface area contributed by atoms with Crippen molar-refractivity contribution in [2.75, 3.05) is 6.61 Å². The lowest BCUT2D eigenvalue weighted by Crippen LogP contribution is -2.24. The normalized spacial score (nSPS) is 18.7. The largest absolute Gasteiger partial charge is 0.466 e. The van der Waals surface area contributed by atoms with Crippen LogP contribution in [0.3, 0.4) is 0 Å². The number of rotatable bonds is 6. The van der Waals surface area contributed by atoms with Crippen LogP contribution in [0, 0.1) is 5.92 Å². The second-order valence-corrected chi connectivity index (χ2v) is 4.18. The molecule has 0 spiro atoms. The minimum atomic E-state index is -0.140. The molecule has 0 radical (unpaired) electrons. The number of hydrogen-bond acceptors (Lipinski definition) is 3. The highest BCUT2D eigenvalue weighted by Crippen LogP contribution is 2.29. The lowest BCUT2D eigenvalue weighted by molar-refractivity contribution is -0.144. The van der Waals surface area contributed by atoms with Gasteiger partial charge >= 0.3 is 5.97 Å². The number of ether oxygens (including phenoxy) is 1. The van der Waals surface area contributed by atoms with Crippen LogP contribution in [0.2, 0.25) is 0 Å². The molecule has 1 rings (SSSR count). The van der Waals surface area contributed by atoms with Crippen LogP contribution in [0.1, 0.15) is 45.4 Å². The van der Waals surface area contributed by atoms with Gasteiger partial charge in [-0.15, -0.1) is 0 Å². The third kappa shape index (κ3) is 4.09. The topological polar surface area (TPSA) is 52.3 Å². The summed E-state index contributed by atoms with van der Waals surface area (Å²) in [6.07, 6.45) is 6.20. The molecule has 0 bridgehead atoms. The number of carbonyl (C=O) groups excluding carboxylic acids is 1. The van der Waals surface area contributed by atoms with Gasteiger partial charge in [0.1, 0.15) is 0 Å². The molecule has 1 aliphatic carbocycles. The van der Waals surface area contributed by atoms with E-state index in [1.165, 1.54) is 19.3 Å². The van der Waals surface area contributed by atoms with Crippen LogP contribution in [0.25, 0.3) is 0 Å². The molecular formula is C11H21NO2. The second-order valence-electron chi connectivity index (χ2n) is 4.18. The highest BCUT2D eigenvalue weighted by Gasteiger charge is 2.17. The third-order valence-electron chi connectivity index (χ3n) is 2.97. The van der Waals surface area contributed by atoms with Gasteiger partial charge in [0.25, 0.3) is 0 Å². The molecule has 0 aromatic carbocycles. The monoisotopic (exact) mass is 199 g/mol. The Hall–Kier alpha value is -0.570. The van der Waals surface area contributed by atoms with Crippen LogP contribution in [0.4, 0.5) is 0 Å². The highest BCUT2D eigenvalue weighted by atomic mass is 16.5. The lowest BCUT2D eigenvalue weighted by atomic mass is 9.83. The Morgan fingerprint density at radius 1 is 1.57 bits per heavy atom. The average Bonchev–Trinajstić information content (AvgIpc) is 2.09. The minimum Gasteiger partial charge on any atom is -0.466 e. The maximum absolute atomic E-state index is 11.2. The Balaban J connectivity index is 1.96. The van der Waals surface area contributed by atoms with Gasteiger partial charge in [-0.3, -0.25) is 4.79 Å². The fourth-order valence-electron chi connectivity index (χ4n) is 1.54. The van der Waals surface area contributed by atoms with Crippen molar-refractivity contribution >= 4 is 5.97 Å². The van der Waals surface area contributed by atoms with E-state index in [1.807, 2.05) is 6.92 Å². The first-order chi connectivity index (χ1) is 6.72. The van der Waals surface area contributed by atoms with Crippen LogP contribution in [-0.4, -0.2) is 18.6 Å². The van der Waals surface area contributed by atoms with Crippen molar-refractivity contribution in [3.63, 3.8) is 0 Å². The summed E-state index contributed by atoms with van der Waals surface area (Å²) in [6, 6.07) is -0.0359. The molecule has 1 fully saturated rings. The quantitative estimate of drug-likeness (QED) is 0.664. The Labute approximate surface area is 86.0 Å². The first-order valence-corrected chi connectivity index (χ1v) is 5.63. The van der Waals surface area contributed by atoms with Gasteiger partial charge in [0.15, 0.2) is 0 Å². The van der Waals surface area contributed by atoms with E-state index in [0.717, 1.165) is 18.8 Å². The van der Waals surface area contributed by atoms with Gasteiger partial charge in [0.2, 0.25) is 0 Å². The summed E-state index contributed by atoms with van der Waals surface area (Å²) in [7, 11) is 0. The van der Waals surface area contributed by atoms with E-state index in [1.54, 1.807) is 0 Å².